The number of nitrogens with zero attached hydrogens (tertiary/aromatic N) is 2. The van der Waals surface area contributed by atoms with Crippen LogP contribution in [0, 0.1) is 6.92 Å². The van der Waals surface area contributed by atoms with Crippen LogP contribution >= 0.6 is 23.2 Å². The molecule has 1 aromatic heterocycles. The van der Waals surface area contributed by atoms with E-state index in [9.17, 15) is 0 Å². The Morgan fingerprint density at radius 3 is 1.85 bits per heavy atom. The molecule has 0 saturated carbocycles. The lowest BCUT2D eigenvalue weighted by atomic mass is 10.1. The monoisotopic (exact) mass is 500 g/mol. The second-order valence-electron chi connectivity index (χ2n) is 7.41. The lowest BCUT2D eigenvalue weighted by Gasteiger charge is -2.23. The van der Waals surface area contributed by atoms with Crippen LogP contribution in [0.4, 0.5) is 0 Å². The van der Waals surface area contributed by atoms with Crippen molar-refractivity contribution in [1.82, 2.24) is 4.57 Å². The molecule has 138 valence electrons. The molecule has 0 atom stereocenters. The summed E-state index contributed by atoms with van der Waals surface area (Å²) < 4.78 is 3.18. The summed E-state index contributed by atoms with van der Waals surface area (Å²) >= 11 is 12.2. The van der Waals surface area contributed by atoms with Crippen molar-refractivity contribution in [1.29, 1.82) is 0 Å². The first-order valence-electron chi connectivity index (χ1n) is 8.28. The average Bonchev–Trinajstić information content (AvgIpc) is 2.84. The van der Waals surface area contributed by atoms with Gasteiger partial charge < -0.3 is 33.0 Å². The molecule has 0 aliphatic heterocycles. The van der Waals surface area contributed by atoms with Crippen LogP contribution in [0.3, 0.4) is 0 Å². The molecule has 0 spiro atoms. The zero-order valence-corrected chi connectivity index (χ0v) is 19.1. The van der Waals surface area contributed by atoms with Crippen LogP contribution in [0.25, 0.3) is 16.9 Å². The molecule has 0 unspecified atom stereocenters. The van der Waals surface area contributed by atoms with Gasteiger partial charge in [0.1, 0.15) is 6.54 Å². The molecule has 26 heavy (non-hydrogen) atoms. The van der Waals surface area contributed by atoms with Crippen molar-refractivity contribution in [3.63, 3.8) is 0 Å². The Bertz CT molecular complexity index is 876. The number of benzene rings is 2. The van der Waals surface area contributed by atoms with Gasteiger partial charge in [0.25, 0.3) is 0 Å². The molecule has 0 bridgehead atoms. The van der Waals surface area contributed by atoms with Crippen LogP contribution in [-0.2, 0) is 6.54 Å². The predicted octanol–water partition coefficient (Wildman–Crippen LogP) is 2.97. The van der Waals surface area contributed by atoms with Crippen molar-refractivity contribution in [2.45, 2.75) is 13.5 Å². The van der Waals surface area contributed by atoms with Crippen molar-refractivity contribution in [2.75, 3.05) is 21.1 Å². The molecular formula is C21H23Cl2IN2. The molecule has 0 aliphatic rings. The molecule has 3 rings (SSSR count). The van der Waals surface area contributed by atoms with E-state index >= 15 is 0 Å². The van der Waals surface area contributed by atoms with Gasteiger partial charge >= 0.3 is 0 Å². The van der Waals surface area contributed by atoms with Gasteiger partial charge in [-0.3, -0.25) is 0 Å². The highest BCUT2D eigenvalue weighted by Gasteiger charge is 2.19. The smallest absolute Gasteiger partial charge is 0.106 e. The van der Waals surface area contributed by atoms with Crippen molar-refractivity contribution >= 4 is 23.2 Å². The lowest BCUT2D eigenvalue weighted by Crippen LogP contribution is -3.00. The summed E-state index contributed by atoms with van der Waals surface area (Å²) in [5.41, 5.74) is 6.02. The van der Waals surface area contributed by atoms with Gasteiger partial charge in [0.15, 0.2) is 0 Å². The van der Waals surface area contributed by atoms with Crippen LogP contribution in [0.5, 0.6) is 0 Å². The minimum atomic E-state index is 0. The fourth-order valence-electron chi connectivity index (χ4n) is 3.09. The average molecular weight is 501 g/mol. The quantitative estimate of drug-likeness (QED) is 0.383. The lowest BCUT2D eigenvalue weighted by molar-refractivity contribution is -0.884. The molecule has 2 nitrogen and oxygen atoms in total. The summed E-state index contributed by atoms with van der Waals surface area (Å²) in [6, 6.07) is 18.3. The van der Waals surface area contributed by atoms with Crippen LogP contribution < -0.4 is 24.0 Å². The van der Waals surface area contributed by atoms with Gasteiger partial charge in [-0.1, -0.05) is 35.3 Å². The van der Waals surface area contributed by atoms with E-state index in [2.05, 4.69) is 63.0 Å². The summed E-state index contributed by atoms with van der Waals surface area (Å²) in [7, 11) is 6.63. The topological polar surface area (TPSA) is 4.93 Å². The van der Waals surface area contributed by atoms with E-state index in [0.29, 0.717) is 0 Å². The zero-order valence-electron chi connectivity index (χ0n) is 15.4. The van der Waals surface area contributed by atoms with E-state index in [-0.39, 0.29) is 24.0 Å². The highest BCUT2D eigenvalue weighted by molar-refractivity contribution is 6.30. The highest BCUT2D eigenvalue weighted by Crippen LogP contribution is 2.31. The molecule has 0 aliphatic carbocycles. The molecular weight excluding hydrogens is 478 g/mol. The minimum absolute atomic E-state index is 0. The number of hydrogen-bond acceptors (Lipinski definition) is 0. The Balaban J connectivity index is 0.00000243. The largest absolute Gasteiger partial charge is 1.00 e. The third-order valence-corrected chi connectivity index (χ3v) is 4.73. The molecule has 0 saturated heterocycles. The van der Waals surface area contributed by atoms with Crippen molar-refractivity contribution < 1.29 is 28.5 Å². The number of aromatic nitrogens is 1. The molecule has 0 N–H and O–H groups in total. The van der Waals surface area contributed by atoms with Crippen molar-refractivity contribution in [3.8, 4) is 16.9 Å². The number of halogens is 3. The van der Waals surface area contributed by atoms with E-state index < -0.39 is 0 Å². The summed E-state index contributed by atoms with van der Waals surface area (Å²) in [4.78, 5) is 0. The predicted molar refractivity (Wildman–Crippen MR) is 108 cm³/mol. The summed E-state index contributed by atoms with van der Waals surface area (Å²) in [5, 5.41) is 1.49. The number of quaternary nitrogens is 1. The Labute approximate surface area is 183 Å². The van der Waals surface area contributed by atoms with E-state index in [1.807, 2.05) is 24.3 Å². The van der Waals surface area contributed by atoms with Gasteiger partial charge in [0.05, 0.1) is 26.8 Å². The Morgan fingerprint density at radius 1 is 0.846 bits per heavy atom. The third kappa shape index (κ3) is 4.83. The van der Waals surface area contributed by atoms with E-state index in [1.54, 1.807) is 0 Å². The van der Waals surface area contributed by atoms with Gasteiger partial charge in [-0.2, -0.15) is 0 Å². The maximum atomic E-state index is 6.08. The summed E-state index contributed by atoms with van der Waals surface area (Å²) in [5.74, 6) is 0. The van der Waals surface area contributed by atoms with E-state index in [4.69, 9.17) is 23.2 Å². The number of hydrogen-bond donors (Lipinski definition) is 0. The van der Waals surface area contributed by atoms with Crippen LogP contribution in [0.15, 0.2) is 54.6 Å². The summed E-state index contributed by atoms with van der Waals surface area (Å²) in [6.45, 7) is 3.14. The molecule has 2 aromatic carbocycles. The second-order valence-corrected chi connectivity index (χ2v) is 8.28. The van der Waals surface area contributed by atoms with Gasteiger partial charge in [0.2, 0.25) is 0 Å². The van der Waals surface area contributed by atoms with Crippen LogP contribution in [0.1, 0.15) is 11.3 Å². The van der Waals surface area contributed by atoms with Crippen LogP contribution in [0.2, 0.25) is 10.0 Å². The zero-order chi connectivity index (χ0) is 18.2. The van der Waals surface area contributed by atoms with E-state index in [1.165, 1.54) is 17.0 Å². The van der Waals surface area contributed by atoms with Gasteiger partial charge in [0, 0.05) is 27.0 Å². The SMILES string of the molecule is Cc1c(C[N+](C)(C)C)cc(-c2ccc(Cl)cc2)n1-c1ccc(Cl)cc1.[I-]. The van der Waals surface area contributed by atoms with Gasteiger partial charge in [-0.15, -0.1) is 0 Å². The van der Waals surface area contributed by atoms with E-state index in [0.717, 1.165) is 32.3 Å². The molecule has 0 fully saturated rings. The molecule has 0 radical (unpaired) electrons. The first-order chi connectivity index (χ1) is 11.7. The molecule has 5 heteroatoms. The summed E-state index contributed by atoms with van der Waals surface area (Å²) in [6.07, 6.45) is 0. The highest BCUT2D eigenvalue weighted by atomic mass is 127. The third-order valence-electron chi connectivity index (χ3n) is 4.22. The Kier molecular flexibility index (Phi) is 6.83. The standard InChI is InChI=1S/C21H23Cl2N2.HI/c1-15-17(14-25(2,3)4)13-21(16-5-7-18(22)8-6-16)24(15)20-11-9-19(23)10-12-20;/h5-13H,14H2,1-4H3;1H/q+1;/p-1. The molecule has 3 aromatic rings. The Morgan fingerprint density at radius 2 is 1.35 bits per heavy atom. The second kappa shape index (κ2) is 8.34. The van der Waals surface area contributed by atoms with Crippen molar-refractivity contribution in [3.05, 3.63) is 75.9 Å². The molecule has 0 amide bonds. The normalized spacial score (nSPS) is 11.3. The van der Waals surface area contributed by atoms with Crippen LogP contribution in [-0.4, -0.2) is 30.2 Å². The van der Waals surface area contributed by atoms with Gasteiger partial charge in [-0.05, 0) is 55.0 Å². The Hall–Kier alpha value is -1.01. The maximum absolute atomic E-state index is 6.08. The van der Waals surface area contributed by atoms with Crippen molar-refractivity contribution in [2.24, 2.45) is 0 Å². The fourth-order valence-corrected chi connectivity index (χ4v) is 3.34. The van der Waals surface area contributed by atoms with Gasteiger partial charge in [-0.25, -0.2) is 0 Å². The fraction of sp³-hybridized carbons (Fsp3) is 0.238. The maximum Gasteiger partial charge on any atom is 0.106 e. The minimum Gasteiger partial charge on any atom is -1.00 e. The number of rotatable bonds is 4. The first-order valence-corrected chi connectivity index (χ1v) is 9.04. The molecule has 1 heterocycles. The first kappa shape index (κ1) is 21.3.